The molecule has 4 saturated heterocycles. The van der Waals surface area contributed by atoms with E-state index >= 15 is 0 Å². The average molecular weight is 1670 g/mol. The smallest absolute Gasteiger partial charge is 0.308 e. The summed E-state index contributed by atoms with van der Waals surface area (Å²) in [5, 5.41) is 27.1. The zero-order chi connectivity index (χ0) is 85.7. The maximum Gasteiger partial charge on any atom is 0.308 e. The summed E-state index contributed by atoms with van der Waals surface area (Å²) in [7, 11) is 9.82. The molecule has 0 radical (unpaired) electrons. The van der Waals surface area contributed by atoms with Gasteiger partial charge in [0.05, 0.1) is 107 Å². The third-order valence-electron chi connectivity index (χ3n) is 25.4. The van der Waals surface area contributed by atoms with Crippen molar-refractivity contribution in [3.05, 3.63) is 89.9 Å². The lowest BCUT2D eigenvalue weighted by Crippen LogP contribution is -2.45. The van der Waals surface area contributed by atoms with Crippen LogP contribution in [0.4, 0.5) is 0 Å². The summed E-state index contributed by atoms with van der Waals surface area (Å²) in [5.74, 6) is 2.59. The Morgan fingerprint density at radius 3 is 0.959 bits per heavy atom. The molecule has 4 N–H and O–H groups in total. The van der Waals surface area contributed by atoms with E-state index < -0.39 is 11.2 Å². The van der Waals surface area contributed by atoms with Gasteiger partial charge in [-0.15, -0.1) is 0 Å². The van der Waals surface area contributed by atoms with E-state index in [1.807, 2.05) is 128 Å². The number of fused-ring (bicyclic) bond motifs is 2. The summed E-state index contributed by atoms with van der Waals surface area (Å²) >= 11 is 0. The molecule has 0 spiro atoms. The van der Waals surface area contributed by atoms with Gasteiger partial charge in [-0.05, 0) is 251 Å². The highest BCUT2D eigenvalue weighted by atomic mass is 16.6. The van der Waals surface area contributed by atoms with Gasteiger partial charge in [0, 0.05) is 62.3 Å². The summed E-state index contributed by atoms with van der Waals surface area (Å²) in [6.45, 7) is 18.0. The molecular weight excluding hydrogens is 1540 g/mol. The van der Waals surface area contributed by atoms with Gasteiger partial charge >= 0.3 is 11.9 Å². The highest BCUT2D eigenvalue weighted by Gasteiger charge is 2.40. The standard InChI is InChI=1S/C32H46N4O5.C32H48N4O5.C30H43N5O4/c1-32(2,3)41-29(37)19-21(17-18-35-22-13-14-23(35)16-15-22)33-31(38)25-20-26(36(34-25)24-9-6-7-10-24)30-27(39-4)11-8-12-28(30)40-5;1-32(2,3)41-29(37)21-23(17-20-35-18-10-6-7-11-19-35)33-31(38)25-22-26(36(34-25)24-13-8-9-14-24)30-27(39-4)15-12-16-28(30)40-5;1-38-26-13-8-14-27(39-2)29(26)25-20-24(33-35(25)23-11-3-4-12-23)30(37)32-22(15-18-34-16-5-6-17-34)19-28(36)31-21-9-7-10-21/h8,11-12,20-24H,6-7,9-10,13-19H2,1-5H3,(H,33,38);12,15-16,22-24H,6-11,13-14,17-21H2,1-5H3,(H,33,38);8,13-14,20-23H,3-7,9-12,15-19H2,1-2H3,(H,31,36)(H,32,37)/t21-,22?,23?;23-;22-/m000/s1. The number of rotatable bonds is 34. The third kappa shape index (κ3) is 24.6. The molecule has 3 aromatic heterocycles. The number of ether oxygens (including phenoxy) is 8. The molecule has 8 fully saturated rings. The second-order valence-electron chi connectivity index (χ2n) is 36.4. The van der Waals surface area contributed by atoms with Crippen molar-refractivity contribution in [1.82, 2.24) is 65.3 Å². The fourth-order valence-corrected chi connectivity index (χ4v) is 19.1. The first-order chi connectivity index (χ1) is 58.4. The number of benzene rings is 3. The molecule has 27 heteroatoms. The molecule has 662 valence electrons. The highest BCUT2D eigenvalue weighted by Crippen LogP contribution is 2.46. The van der Waals surface area contributed by atoms with Gasteiger partial charge in [0.15, 0.2) is 17.1 Å². The van der Waals surface area contributed by atoms with Crippen LogP contribution in [0.25, 0.3) is 33.8 Å². The first-order valence-electron chi connectivity index (χ1n) is 45.2. The van der Waals surface area contributed by atoms with Gasteiger partial charge in [-0.25, -0.2) is 0 Å². The van der Waals surface area contributed by atoms with Gasteiger partial charge in [0.2, 0.25) is 5.91 Å². The minimum Gasteiger partial charge on any atom is -0.496 e. The van der Waals surface area contributed by atoms with Gasteiger partial charge in [-0.1, -0.05) is 69.6 Å². The molecule has 27 nitrogen and oxygen atoms in total. The zero-order valence-corrected chi connectivity index (χ0v) is 74.2. The van der Waals surface area contributed by atoms with E-state index in [0.29, 0.717) is 76.5 Å². The molecular formula is C94H137N13O14. The molecule has 4 saturated carbocycles. The van der Waals surface area contributed by atoms with Crippen molar-refractivity contribution in [3.8, 4) is 68.3 Å². The lowest BCUT2D eigenvalue weighted by molar-refractivity contribution is -0.156. The molecule has 121 heavy (non-hydrogen) atoms. The predicted molar refractivity (Wildman–Crippen MR) is 467 cm³/mol. The fraction of sp³-hybridized carbons (Fsp3) is 0.649. The third-order valence-corrected chi connectivity index (χ3v) is 25.4. The van der Waals surface area contributed by atoms with Crippen LogP contribution in [0, 0.1) is 0 Å². The van der Waals surface area contributed by atoms with Crippen LogP contribution in [0.3, 0.4) is 0 Å². The van der Waals surface area contributed by atoms with Crippen LogP contribution < -0.4 is 49.7 Å². The number of hydrogen-bond acceptors (Lipinski definition) is 20. The molecule has 6 aromatic rings. The molecule has 4 aliphatic heterocycles. The molecule has 7 heterocycles. The number of esters is 2. The first kappa shape index (κ1) is 91.0. The normalized spacial score (nSPS) is 19.4. The van der Waals surface area contributed by atoms with E-state index in [0.717, 1.165) is 176 Å². The van der Waals surface area contributed by atoms with Gasteiger partial charge in [0.1, 0.15) is 45.7 Å². The van der Waals surface area contributed by atoms with Crippen LogP contribution in [-0.4, -0.2) is 216 Å². The number of methoxy groups -OCH3 is 6. The fourth-order valence-electron chi connectivity index (χ4n) is 19.1. The second-order valence-corrected chi connectivity index (χ2v) is 36.4. The van der Waals surface area contributed by atoms with Crippen LogP contribution >= 0.6 is 0 Å². The van der Waals surface area contributed by atoms with Gasteiger partial charge < -0.3 is 69.0 Å². The Morgan fingerprint density at radius 2 is 0.669 bits per heavy atom. The molecule has 8 aliphatic rings. The van der Waals surface area contributed by atoms with Gasteiger partial charge in [-0.2, -0.15) is 15.3 Å². The number of aromatic nitrogens is 6. The number of nitrogens with one attached hydrogen (secondary N) is 4. The summed E-state index contributed by atoms with van der Waals surface area (Å²) in [4.78, 5) is 87.1. The van der Waals surface area contributed by atoms with Crippen molar-refractivity contribution >= 4 is 35.6 Å². The minimum atomic E-state index is -0.584. The molecule has 2 bridgehead atoms. The SMILES string of the molecule is COc1cccc(OC)c1-c1cc(C(=O)N[C@@H](CCN2C3CCC2CC3)CC(=O)OC(C)(C)C)nn1C1CCCC1.COc1cccc(OC)c1-c1cc(C(=O)N[C@@H](CCN2CCCC2)CC(=O)NC2CCC2)nn1C1CCCC1.COc1cccc(OC)c1-c1cc(C(=O)N[C@@H](CCN2CCCCCC2)CC(=O)OC(C)(C)C)nn1C1CCCC1. The molecule has 3 aromatic carbocycles. The Balaban J connectivity index is 0.000000166. The van der Waals surface area contributed by atoms with Crippen LogP contribution in [0.5, 0.6) is 34.5 Å². The Kier molecular flexibility index (Phi) is 32.5. The van der Waals surface area contributed by atoms with Crippen LogP contribution in [0.1, 0.15) is 290 Å². The molecule has 14 rings (SSSR count). The molecule has 4 amide bonds. The lowest BCUT2D eigenvalue weighted by Gasteiger charge is -2.28. The Morgan fingerprint density at radius 1 is 0.372 bits per heavy atom. The minimum absolute atomic E-state index is 0.0161. The first-order valence-corrected chi connectivity index (χ1v) is 45.2. The van der Waals surface area contributed by atoms with Crippen molar-refractivity contribution in [2.75, 3.05) is 88.5 Å². The maximum absolute atomic E-state index is 13.8. The van der Waals surface area contributed by atoms with Crippen molar-refractivity contribution in [2.24, 2.45) is 0 Å². The molecule has 4 aliphatic carbocycles. The number of likely N-dealkylation sites (tertiary alicyclic amines) is 2. The largest absolute Gasteiger partial charge is 0.496 e. The van der Waals surface area contributed by atoms with Crippen molar-refractivity contribution in [1.29, 1.82) is 0 Å². The van der Waals surface area contributed by atoms with Crippen LogP contribution in [0.15, 0.2) is 72.8 Å². The molecule has 0 unspecified atom stereocenters. The monoisotopic (exact) mass is 1670 g/mol. The maximum atomic E-state index is 13.8. The van der Waals surface area contributed by atoms with E-state index in [2.05, 4.69) is 36.0 Å². The summed E-state index contributed by atoms with van der Waals surface area (Å²) in [6, 6.07) is 23.8. The van der Waals surface area contributed by atoms with Gasteiger partial charge in [-0.3, -0.25) is 47.7 Å². The number of hydrogen-bond donors (Lipinski definition) is 4. The van der Waals surface area contributed by atoms with Crippen molar-refractivity contribution in [3.63, 3.8) is 0 Å². The summed E-state index contributed by atoms with van der Waals surface area (Å²) in [5.41, 5.74) is 4.62. The predicted octanol–water partition coefficient (Wildman–Crippen LogP) is 15.6. The quantitative estimate of drug-likeness (QED) is 0.0273. The number of amides is 4. The van der Waals surface area contributed by atoms with Gasteiger partial charge in [0.25, 0.3) is 17.7 Å². The zero-order valence-electron chi connectivity index (χ0n) is 74.2. The van der Waals surface area contributed by atoms with Crippen molar-refractivity contribution in [2.45, 2.75) is 306 Å². The highest BCUT2D eigenvalue weighted by molar-refractivity contribution is 5.96. The summed E-state index contributed by atoms with van der Waals surface area (Å²) in [6.07, 6.45) is 31.1. The second kappa shape index (κ2) is 43.2. The summed E-state index contributed by atoms with van der Waals surface area (Å²) < 4.78 is 51.4. The number of carbonyl (C=O) groups is 6. The van der Waals surface area contributed by atoms with E-state index in [9.17, 15) is 28.8 Å². The lowest BCUT2D eigenvalue weighted by atomic mass is 9.93. The van der Waals surface area contributed by atoms with Crippen LogP contribution in [-0.2, 0) is 23.9 Å². The Labute approximate surface area is 716 Å². The van der Waals surface area contributed by atoms with E-state index in [4.69, 9.17) is 53.2 Å². The average Bonchev–Trinajstić information content (AvgIpc) is 1.66. The van der Waals surface area contributed by atoms with E-state index in [1.165, 1.54) is 70.6 Å². The number of nitrogens with zero attached hydrogens (tertiary/aromatic N) is 9. The number of carbonyl (C=O) groups excluding carboxylic acids is 6. The van der Waals surface area contributed by atoms with Crippen molar-refractivity contribution < 1.29 is 66.7 Å². The molecule has 3 atom stereocenters. The Bertz CT molecular complexity index is 4300. The van der Waals surface area contributed by atoms with Crippen LogP contribution in [0.2, 0.25) is 0 Å². The van der Waals surface area contributed by atoms with E-state index in [-0.39, 0.29) is 97.1 Å². The topological polar surface area (TPSA) is 288 Å². The Hall–Kier alpha value is -9.21. The van der Waals surface area contributed by atoms with E-state index in [1.54, 1.807) is 42.7 Å².